The van der Waals surface area contributed by atoms with Crippen molar-refractivity contribution in [2.45, 2.75) is 33.1 Å². The lowest BCUT2D eigenvalue weighted by Gasteiger charge is -2.12. The maximum Gasteiger partial charge on any atom is 0.303 e. The highest BCUT2D eigenvalue weighted by molar-refractivity contribution is 6.30. The highest BCUT2D eigenvalue weighted by Crippen LogP contribution is 2.34. The van der Waals surface area contributed by atoms with Gasteiger partial charge in [0.1, 0.15) is 6.61 Å². The molecule has 1 atom stereocenters. The van der Waals surface area contributed by atoms with Crippen LogP contribution >= 0.6 is 11.6 Å². The average Bonchev–Trinajstić information content (AvgIpc) is 3.01. The van der Waals surface area contributed by atoms with Crippen molar-refractivity contribution in [1.29, 1.82) is 0 Å². The molecule has 0 aliphatic carbocycles. The monoisotopic (exact) mass is 471 g/mol. The molecule has 176 valence electrons. The van der Waals surface area contributed by atoms with Crippen molar-refractivity contribution in [2.75, 3.05) is 19.8 Å². The molecule has 0 unspecified atom stereocenters. The van der Waals surface area contributed by atoms with Gasteiger partial charge in [-0.25, -0.2) is 0 Å². The largest absolute Gasteiger partial charge is 0.481 e. The molecule has 6 nitrogen and oxygen atoms in total. The van der Waals surface area contributed by atoms with E-state index < -0.39 is 5.97 Å². The minimum absolute atomic E-state index is 0.0494. The number of ketones is 1. The first-order valence-electron chi connectivity index (χ1n) is 11.0. The zero-order valence-electron chi connectivity index (χ0n) is 19.3. The molecule has 0 saturated carbocycles. The van der Waals surface area contributed by atoms with E-state index in [1.54, 1.807) is 6.92 Å². The normalized spacial score (nSPS) is 12.1. The van der Waals surface area contributed by atoms with E-state index in [0.717, 1.165) is 28.5 Å². The number of rotatable bonds is 12. The van der Waals surface area contributed by atoms with Crippen LogP contribution in [0.4, 0.5) is 0 Å². The number of nitrogens with zero attached hydrogens (tertiary/aromatic N) is 1. The smallest absolute Gasteiger partial charge is 0.303 e. The van der Waals surface area contributed by atoms with E-state index in [4.69, 9.17) is 26.2 Å². The summed E-state index contributed by atoms with van der Waals surface area (Å²) < 4.78 is 13.6. The fraction of sp³-hybridized carbons (Fsp3) is 0.385. The van der Waals surface area contributed by atoms with Crippen LogP contribution in [-0.4, -0.2) is 41.2 Å². The number of carboxylic acids is 1. The lowest BCUT2D eigenvalue weighted by Crippen LogP contribution is -2.14. The standard InChI is InChI=1S/C26H30ClNO5/c1-17-7-8-22-21(13-17)25(23(29)14-18(2)15-24(30)31)26(28(22)3)33-12-11-32-10-9-19-5-4-6-20(27)16-19/h4-8,13,16,18H,9-12,14-15H2,1-3H3,(H,30,31)/t18-/m0/s1. The van der Waals surface area contributed by atoms with E-state index in [1.807, 2.05) is 61.0 Å². The zero-order chi connectivity index (χ0) is 24.0. The summed E-state index contributed by atoms with van der Waals surface area (Å²) in [6, 6.07) is 13.6. The Morgan fingerprint density at radius 1 is 1.09 bits per heavy atom. The number of benzene rings is 2. The predicted molar refractivity (Wildman–Crippen MR) is 129 cm³/mol. The number of Topliss-reactive ketones (excluding diaryl/α,β-unsaturated/α-hetero) is 1. The number of aliphatic carboxylic acids is 1. The van der Waals surface area contributed by atoms with Crippen molar-refractivity contribution in [3.05, 3.63) is 64.2 Å². The van der Waals surface area contributed by atoms with Gasteiger partial charge in [-0.2, -0.15) is 0 Å². The Morgan fingerprint density at radius 2 is 1.88 bits per heavy atom. The number of hydrogen-bond donors (Lipinski definition) is 1. The highest BCUT2D eigenvalue weighted by atomic mass is 35.5. The van der Waals surface area contributed by atoms with E-state index >= 15 is 0 Å². The molecule has 0 fully saturated rings. The lowest BCUT2D eigenvalue weighted by atomic mass is 9.96. The number of aromatic nitrogens is 1. The Bertz CT molecular complexity index is 1140. The minimum Gasteiger partial charge on any atom is -0.481 e. The second-order valence-corrected chi connectivity index (χ2v) is 8.87. The van der Waals surface area contributed by atoms with Crippen molar-refractivity contribution in [3.8, 4) is 5.88 Å². The molecule has 7 heteroatoms. The van der Waals surface area contributed by atoms with Crippen molar-refractivity contribution in [3.63, 3.8) is 0 Å². The van der Waals surface area contributed by atoms with Crippen LogP contribution in [0, 0.1) is 12.8 Å². The van der Waals surface area contributed by atoms with Gasteiger partial charge in [0.05, 0.1) is 24.3 Å². The van der Waals surface area contributed by atoms with Crippen LogP contribution < -0.4 is 4.74 Å². The minimum atomic E-state index is -0.907. The number of carbonyl (C=O) groups is 2. The van der Waals surface area contributed by atoms with E-state index in [-0.39, 0.29) is 24.5 Å². The summed E-state index contributed by atoms with van der Waals surface area (Å²) in [7, 11) is 1.87. The Morgan fingerprint density at radius 3 is 2.61 bits per heavy atom. The van der Waals surface area contributed by atoms with Gasteiger partial charge in [-0.05, 0) is 49.1 Å². The SMILES string of the molecule is Cc1ccc2c(c1)c(C(=O)C[C@H](C)CC(=O)O)c(OCCOCCc1cccc(Cl)c1)n2C. The first-order valence-corrected chi connectivity index (χ1v) is 11.4. The molecule has 0 saturated heterocycles. The predicted octanol–water partition coefficient (Wildman–Crippen LogP) is 5.46. The fourth-order valence-electron chi connectivity index (χ4n) is 3.94. The van der Waals surface area contributed by atoms with Gasteiger partial charge in [0.15, 0.2) is 5.78 Å². The molecule has 0 bridgehead atoms. The van der Waals surface area contributed by atoms with Crippen LogP contribution in [-0.2, 0) is 23.0 Å². The van der Waals surface area contributed by atoms with Gasteiger partial charge >= 0.3 is 5.97 Å². The van der Waals surface area contributed by atoms with Gasteiger partial charge in [0, 0.05) is 30.3 Å². The van der Waals surface area contributed by atoms with E-state index in [0.29, 0.717) is 36.3 Å². The van der Waals surface area contributed by atoms with Gasteiger partial charge in [-0.3, -0.25) is 9.59 Å². The number of halogens is 1. The van der Waals surface area contributed by atoms with E-state index in [2.05, 4.69) is 0 Å². The molecule has 3 rings (SSSR count). The molecule has 0 radical (unpaired) electrons. The second kappa shape index (κ2) is 11.3. The number of carbonyl (C=O) groups excluding carboxylic acids is 1. The molecule has 1 N–H and O–H groups in total. The third-order valence-corrected chi connectivity index (χ3v) is 5.76. The van der Waals surface area contributed by atoms with Gasteiger partial charge in [0.2, 0.25) is 5.88 Å². The Hall–Kier alpha value is -2.83. The molecule has 0 aliphatic rings. The van der Waals surface area contributed by atoms with E-state index in [9.17, 15) is 9.59 Å². The maximum atomic E-state index is 13.2. The number of hydrogen-bond acceptors (Lipinski definition) is 4. The van der Waals surface area contributed by atoms with Gasteiger partial charge in [0.25, 0.3) is 0 Å². The summed E-state index contributed by atoms with van der Waals surface area (Å²) in [6.07, 6.45) is 0.844. The molecule has 0 aliphatic heterocycles. The third-order valence-electron chi connectivity index (χ3n) is 5.53. The summed E-state index contributed by atoms with van der Waals surface area (Å²) in [5.41, 5.74) is 3.55. The lowest BCUT2D eigenvalue weighted by molar-refractivity contribution is -0.137. The molecule has 33 heavy (non-hydrogen) atoms. The fourth-order valence-corrected chi connectivity index (χ4v) is 4.16. The van der Waals surface area contributed by atoms with Crippen LogP contribution in [0.3, 0.4) is 0 Å². The quantitative estimate of drug-likeness (QED) is 0.280. The first kappa shape index (κ1) is 24.8. The molecule has 1 heterocycles. The van der Waals surface area contributed by atoms with Crippen molar-refractivity contribution < 1.29 is 24.2 Å². The number of aryl methyl sites for hydroxylation is 2. The van der Waals surface area contributed by atoms with E-state index in [1.165, 1.54) is 0 Å². The Kier molecular flexibility index (Phi) is 8.53. The summed E-state index contributed by atoms with van der Waals surface area (Å²) >= 11 is 6.01. The molecule has 0 amide bonds. The maximum absolute atomic E-state index is 13.2. The Labute approximate surface area is 199 Å². The number of ether oxygens (including phenoxy) is 2. The molecule has 3 aromatic rings. The van der Waals surface area contributed by atoms with Crippen molar-refractivity contribution >= 4 is 34.3 Å². The molecule has 2 aromatic carbocycles. The summed E-state index contributed by atoms with van der Waals surface area (Å²) in [5, 5.41) is 10.6. The average molecular weight is 472 g/mol. The zero-order valence-corrected chi connectivity index (χ0v) is 20.0. The van der Waals surface area contributed by atoms with Crippen LogP contribution in [0.15, 0.2) is 42.5 Å². The van der Waals surface area contributed by atoms with Crippen LogP contribution in [0.1, 0.15) is 41.3 Å². The molecule has 1 aromatic heterocycles. The Balaban J connectivity index is 1.68. The summed E-state index contributed by atoms with van der Waals surface area (Å²) in [6.45, 7) is 4.96. The van der Waals surface area contributed by atoms with Gasteiger partial charge < -0.3 is 19.1 Å². The highest BCUT2D eigenvalue weighted by Gasteiger charge is 2.24. The van der Waals surface area contributed by atoms with Crippen molar-refractivity contribution in [2.24, 2.45) is 13.0 Å². The third kappa shape index (κ3) is 6.59. The van der Waals surface area contributed by atoms with Gasteiger partial charge in [-0.15, -0.1) is 0 Å². The van der Waals surface area contributed by atoms with Crippen molar-refractivity contribution in [1.82, 2.24) is 4.57 Å². The first-order chi connectivity index (χ1) is 15.8. The molecular formula is C26H30ClNO5. The molecule has 0 spiro atoms. The topological polar surface area (TPSA) is 77.8 Å². The number of carboxylic acid groups (broad SMARTS) is 1. The van der Waals surface area contributed by atoms with Gasteiger partial charge in [-0.1, -0.05) is 42.3 Å². The van der Waals surface area contributed by atoms with Crippen LogP contribution in [0.5, 0.6) is 5.88 Å². The van der Waals surface area contributed by atoms with Crippen LogP contribution in [0.2, 0.25) is 5.02 Å². The summed E-state index contributed by atoms with van der Waals surface area (Å²) in [4.78, 5) is 24.2. The van der Waals surface area contributed by atoms with Crippen LogP contribution in [0.25, 0.3) is 10.9 Å². The summed E-state index contributed by atoms with van der Waals surface area (Å²) in [5.74, 6) is -0.799. The number of fused-ring (bicyclic) bond motifs is 1. The molecular weight excluding hydrogens is 442 g/mol. The second-order valence-electron chi connectivity index (χ2n) is 8.43.